The molecule has 0 heterocycles. The predicted molar refractivity (Wildman–Crippen MR) is 22.8 cm³/mol. The van der Waals surface area contributed by atoms with Gasteiger partial charge in [0.1, 0.15) is 0 Å². The van der Waals surface area contributed by atoms with E-state index in [1.165, 1.54) is 0 Å². The Morgan fingerprint density at radius 3 is 0.500 bits per heavy atom. The molecule has 12 nitrogen and oxygen atoms in total. The molecule has 107 valence electrons. The second kappa shape index (κ2) is 15.7. The third-order valence-electron chi connectivity index (χ3n) is 0. The molecule has 0 aliphatic carbocycles. The molecule has 0 bridgehead atoms. The van der Waals surface area contributed by atoms with Crippen molar-refractivity contribution in [3.8, 4) is 0 Å². The summed E-state index contributed by atoms with van der Waals surface area (Å²) in [6.45, 7) is 0. The summed E-state index contributed by atoms with van der Waals surface area (Å²) >= 11 is 0. The number of hydrogen-bond acceptors (Lipinski definition) is 12. The molecule has 0 aliphatic rings. The number of rotatable bonds is 0. The summed E-state index contributed by atoms with van der Waals surface area (Å²) in [6, 6.07) is 0. The van der Waals surface area contributed by atoms with Crippen LogP contribution in [0.4, 0.5) is 0 Å². The van der Waals surface area contributed by atoms with E-state index in [9.17, 15) is 0 Å². The van der Waals surface area contributed by atoms with E-state index in [1.807, 2.05) is 0 Å². The van der Waals surface area contributed by atoms with Gasteiger partial charge in [0.05, 0.1) is 0 Å². The zero-order chi connectivity index (χ0) is 13.5. The van der Waals surface area contributed by atoms with Crippen LogP contribution in [0.5, 0.6) is 0 Å². The molecule has 18 heavy (non-hydrogen) atoms. The molecule has 0 saturated carbocycles. The molecule has 0 aliphatic heterocycles. The summed E-state index contributed by atoms with van der Waals surface area (Å²) in [4.78, 5) is 76.9. The first-order chi connectivity index (χ1) is 6.00. The van der Waals surface area contributed by atoms with Crippen molar-refractivity contribution in [3.63, 3.8) is 0 Å². The molecule has 0 aromatic carbocycles. The molecular formula is FeO12P3VZr-3. The van der Waals surface area contributed by atoms with E-state index >= 15 is 0 Å². The van der Waals surface area contributed by atoms with Crippen molar-refractivity contribution in [1.82, 2.24) is 0 Å². The average molecular weight is 483 g/mol. The van der Waals surface area contributed by atoms with E-state index in [-0.39, 0.29) is 61.8 Å². The SMILES string of the molecule is O=P([O-])([O-])[O-].O=P([O-])([O-])[O-].O=P([O-])([O-])[O-].[Fe+2].[V].[Zr+4]. The fourth-order valence-corrected chi connectivity index (χ4v) is 0. The van der Waals surface area contributed by atoms with Gasteiger partial charge in [0.15, 0.2) is 0 Å². The summed E-state index contributed by atoms with van der Waals surface area (Å²) < 4.78 is 25.6. The quantitative estimate of drug-likeness (QED) is 0.230. The topological polar surface area (TPSA) is 259 Å². The number of hydrogen-bond donors (Lipinski definition) is 0. The summed E-state index contributed by atoms with van der Waals surface area (Å²) in [5.74, 6) is 0. The zero-order valence-electron chi connectivity index (χ0n) is 7.54. The van der Waals surface area contributed by atoms with Crippen LogP contribution in [0.25, 0.3) is 0 Å². The Balaban J connectivity index is -0.0000000277. The van der Waals surface area contributed by atoms with Crippen molar-refractivity contribution in [2.75, 3.05) is 0 Å². The molecular weight excluding hydrogens is 483 g/mol. The smallest absolute Gasteiger partial charge is 0.822 e. The van der Waals surface area contributed by atoms with Crippen molar-refractivity contribution >= 4 is 23.5 Å². The van der Waals surface area contributed by atoms with Crippen molar-refractivity contribution < 1.29 is 120 Å². The Morgan fingerprint density at radius 2 is 0.500 bits per heavy atom. The molecule has 0 atom stereocenters. The van der Waals surface area contributed by atoms with Crippen LogP contribution in [0.1, 0.15) is 0 Å². The Morgan fingerprint density at radius 1 is 0.500 bits per heavy atom. The van der Waals surface area contributed by atoms with E-state index in [4.69, 9.17) is 57.7 Å². The maximum atomic E-state index is 8.55. The third-order valence-corrected chi connectivity index (χ3v) is 0. The van der Waals surface area contributed by atoms with Crippen molar-refractivity contribution in [2.24, 2.45) is 0 Å². The third kappa shape index (κ3) is 1020. The molecule has 0 aromatic heterocycles. The summed E-state index contributed by atoms with van der Waals surface area (Å²) in [5.41, 5.74) is 0. The molecule has 0 amide bonds. The van der Waals surface area contributed by atoms with Crippen LogP contribution in [-0.4, -0.2) is 0 Å². The second-order valence-electron chi connectivity index (χ2n) is 1.34. The van der Waals surface area contributed by atoms with Crippen LogP contribution < -0.4 is 44.0 Å². The van der Waals surface area contributed by atoms with E-state index in [1.54, 1.807) is 0 Å². The van der Waals surface area contributed by atoms with Crippen LogP contribution in [0.15, 0.2) is 0 Å². The molecule has 0 spiro atoms. The Kier molecular flexibility index (Phi) is 32.3. The first kappa shape index (κ1) is 37.0. The van der Waals surface area contributed by atoms with Gasteiger partial charge in [0.25, 0.3) is 0 Å². The van der Waals surface area contributed by atoms with E-state index in [2.05, 4.69) is 0 Å². The first-order valence-electron chi connectivity index (χ1n) is 2.19. The maximum absolute atomic E-state index is 8.55. The van der Waals surface area contributed by atoms with Crippen LogP contribution >= 0.6 is 23.5 Å². The van der Waals surface area contributed by atoms with Gasteiger partial charge in [-0.15, -0.1) is 0 Å². The van der Waals surface area contributed by atoms with Gasteiger partial charge in [-0.1, -0.05) is 0 Å². The molecule has 0 fully saturated rings. The van der Waals surface area contributed by atoms with Crippen molar-refractivity contribution in [3.05, 3.63) is 0 Å². The Labute approximate surface area is 142 Å². The van der Waals surface area contributed by atoms with Crippen LogP contribution in [0.2, 0.25) is 0 Å². The standard InChI is InChI=1S/Fe.3H3O4P.V.Zr/c;3*1-5(2,3)4;;/h;3*(H3,1,2,3,4);;/q+2;;;;;+4/p-9. The maximum Gasteiger partial charge on any atom is 4.00 e. The average Bonchev–Trinajstić information content (AvgIpc) is 1.41. The van der Waals surface area contributed by atoms with Gasteiger partial charge in [0.2, 0.25) is 0 Å². The van der Waals surface area contributed by atoms with Crippen molar-refractivity contribution in [2.45, 2.75) is 0 Å². The molecule has 0 rings (SSSR count). The van der Waals surface area contributed by atoms with E-state index in [0.717, 1.165) is 0 Å². The van der Waals surface area contributed by atoms with Gasteiger partial charge in [-0.25, -0.2) is 0 Å². The summed E-state index contributed by atoms with van der Waals surface area (Å²) in [5, 5.41) is 0. The van der Waals surface area contributed by atoms with Gasteiger partial charge >= 0.3 is 43.3 Å². The first-order valence-corrected chi connectivity index (χ1v) is 6.57. The zero-order valence-corrected chi connectivity index (χ0v) is 15.2. The van der Waals surface area contributed by atoms with Crippen LogP contribution in [-0.2, 0) is 75.5 Å². The molecule has 1 radical (unpaired) electrons. The Bertz CT molecular complexity index is 213. The van der Waals surface area contributed by atoms with Gasteiger partial charge < -0.3 is 57.7 Å². The predicted octanol–water partition coefficient (Wildman–Crippen LogP) is -8.48. The minimum Gasteiger partial charge on any atom is -0.822 e. The van der Waals surface area contributed by atoms with Gasteiger partial charge in [-0.2, -0.15) is 23.5 Å². The van der Waals surface area contributed by atoms with Crippen LogP contribution in [0.3, 0.4) is 0 Å². The molecule has 0 N–H and O–H groups in total. The molecule has 0 saturated heterocycles. The van der Waals surface area contributed by atoms with E-state index < -0.39 is 23.5 Å². The minimum atomic E-state index is -5.39. The van der Waals surface area contributed by atoms with Gasteiger partial charge in [-0.3, -0.25) is 0 Å². The van der Waals surface area contributed by atoms with Crippen molar-refractivity contribution in [1.29, 1.82) is 0 Å². The van der Waals surface area contributed by atoms with Crippen LogP contribution in [0, 0.1) is 0 Å². The fraction of sp³-hybridized carbons (Fsp3) is 0. The number of phosphoric acid groups is 3. The summed E-state index contributed by atoms with van der Waals surface area (Å²) in [7, 11) is -16.2. The molecule has 0 aromatic rings. The molecule has 0 unspecified atom stereocenters. The minimum absolute atomic E-state index is 0. The monoisotopic (exact) mass is 482 g/mol. The summed E-state index contributed by atoms with van der Waals surface area (Å²) in [6.07, 6.45) is 0. The normalized spacial score (nSPS) is 9.83. The second-order valence-corrected chi connectivity index (χ2v) is 4.02. The Hall–Kier alpha value is 2.32. The van der Waals surface area contributed by atoms with E-state index in [0.29, 0.717) is 0 Å². The molecule has 18 heteroatoms. The fourth-order valence-electron chi connectivity index (χ4n) is 0. The van der Waals surface area contributed by atoms with Gasteiger partial charge in [-0.05, 0) is 0 Å². The largest absolute Gasteiger partial charge is 4.00 e. The van der Waals surface area contributed by atoms with Gasteiger partial charge in [0, 0.05) is 18.6 Å².